The van der Waals surface area contributed by atoms with Gasteiger partial charge in [0.2, 0.25) is 0 Å². The summed E-state index contributed by atoms with van der Waals surface area (Å²) in [5.41, 5.74) is 1.36. The van der Waals surface area contributed by atoms with Gasteiger partial charge in [-0.1, -0.05) is 23.7 Å². The lowest BCUT2D eigenvalue weighted by molar-refractivity contribution is -0.119. The molecule has 0 aliphatic carbocycles. The molecule has 0 bridgehead atoms. The molecule has 1 N–H and O–H groups in total. The zero-order valence-corrected chi connectivity index (χ0v) is 12.9. The summed E-state index contributed by atoms with van der Waals surface area (Å²) in [4.78, 5) is 23.7. The van der Waals surface area contributed by atoms with Gasteiger partial charge in [0.15, 0.2) is 6.61 Å². The van der Waals surface area contributed by atoms with Gasteiger partial charge in [-0.05, 0) is 37.6 Å². The first-order chi connectivity index (χ1) is 10.5. The number of halogens is 1. The lowest BCUT2D eigenvalue weighted by Gasteiger charge is -2.06. The number of carbonyl (C=O) groups excluding carboxylic acids is 2. The van der Waals surface area contributed by atoms with Crippen molar-refractivity contribution in [1.82, 2.24) is 5.16 Å². The van der Waals surface area contributed by atoms with Crippen molar-refractivity contribution in [1.29, 1.82) is 0 Å². The van der Waals surface area contributed by atoms with E-state index in [9.17, 15) is 9.59 Å². The van der Waals surface area contributed by atoms with Crippen LogP contribution in [0.25, 0.3) is 0 Å². The number of carbonyl (C=O) groups is 2. The first kappa shape index (κ1) is 16.0. The van der Waals surface area contributed by atoms with Crippen molar-refractivity contribution in [3.8, 4) is 0 Å². The van der Waals surface area contributed by atoms with Gasteiger partial charge in [-0.3, -0.25) is 4.79 Å². The minimum absolute atomic E-state index is 0.279. The summed E-state index contributed by atoms with van der Waals surface area (Å²) in [6.07, 6.45) is 0.540. The second-order valence-electron chi connectivity index (χ2n) is 4.55. The van der Waals surface area contributed by atoms with Crippen molar-refractivity contribution in [2.75, 3.05) is 11.9 Å². The zero-order valence-electron chi connectivity index (χ0n) is 12.2. The van der Waals surface area contributed by atoms with E-state index in [1.807, 2.05) is 6.92 Å². The molecule has 2 rings (SSSR count). The van der Waals surface area contributed by atoms with Crippen LogP contribution >= 0.6 is 11.6 Å². The van der Waals surface area contributed by atoms with Crippen LogP contribution < -0.4 is 5.32 Å². The highest BCUT2D eigenvalue weighted by molar-refractivity contribution is 6.30. The van der Waals surface area contributed by atoms with Gasteiger partial charge in [-0.2, -0.15) is 0 Å². The Morgan fingerprint density at radius 1 is 1.32 bits per heavy atom. The number of rotatable bonds is 5. The Morgan fingerprint density at radius 3 is 2.64 bits per heavy atom. The molecule has 1 amide bonds. The maximum atomic E-state index is 12.0. The maximum absolute atomic E-state index is 12.0. The van der Waals surface area contributed by atoms with Gasteiger partial charge in [-0.25, -0.2) is 4.79 Å². The van der Waals surface area contributed by atoms with Crippen molar-refractivity contribution in [3.05, 3.63) is 46.3 Å². The van der Waals surface area contributed by atoms with E-state index in [0.717, 1.165) is 0 Å². The van der Waals surface area contributed by atoms with Gasteiger partial charge < -0.3 is 14.6 Å². The second kappa shape index (κ2) is 7.09. The van der Waals surface area contributed by atoms with Crippen LogP contribution in [-0.2, 0) is 16.0 Å². The van der Waals surface area contributed by atoms with Crippen LogP contribution in [0.3, 0.4) is 0 Å². The van der Waals surface area contributed by atoms with E-state index in [1.165, 1.54) is 0 Å². The molecule has 0 fully saturated rings. The molecule has 116 valence electrons. The van der Waals surface area contributed by atoms with Crippen LogP contribution in [0.1, 0.15) is 28.7 Å². The number of hydrogen-bond donors (Lipinski definition) is 1. The monoisotopic (exact) mass is 322 g/mol. The summed E-state index contributed by atoms with van der Waals surface area (Å²) < 4.78 is 9.95. The average molecular weight is 323 g/mol. The Balaban J connectivity index is 1.92. The first-order valence-electron chi connectivity index (χ1n) is 6.69. The highest BCUT2D eigenvalue weighted by atomic mass is 35.5. The molecule has 6 nitrogen and oxygen atoms in total. The molecule has 1 aromatic carbocycles. The minimum atomic E-state index is -0.623. The Hall–Kier alpha value is -2.34. The van der Waals surface area contributed by atoms with Gasteiger partial charge in [-0.15, -0.1) is 0 Å². The Kier molecular flexibility index (Phi) is 5.16. The highest BCUT2D eigenvalue weighted by Gasteiger charge is 2.21. The molecule has 0 atom stereocenters. The number of amides is 1. The van der Waals surface area contributed by atoms with Crippen LogP contribution in [0, 0.1) is 6.92 Å². The Bertz CT molecular complexity index is 679. The highest BCUT2D eigenvalue weighted by Crippen LogP contribution is 2.16. The number of nitrogens with one attached hydrogen (secondary N) is 1. The standard InChI is InChI=1S/C15H15ClN2O4/c1-3-12-14(9(2)22-18-12)15(20)21-8-13(19)17-11-6-4-10(16)5-7-11/h4-7H,3,8H2,1-2H3,(H,17,19). The number of esters is 1. The fourth-order valence-electron chi connectivity index (χ4n) is 1.85. The van der Waals surface area contributed by atoms with Crippen molar-refractivity contribution < 1.29 is 18.8 Å². The Labute approximate surface area is 132 Å². The predicted molar refractivity (Wildman–Crippen MR) is 81.0 cm³/mol. The van der Waals surface area contributed by atoms with E-state index < -0.39 is 18.5 Å². The summed E-state index contributed by atoms with van der Waals surface area (Å²) in [6, 6.07) is 6.61. The molecule has 0 aliphatic heterocycles. The van der Waals surface area contributed by atoms with E-state index in [-0.39, 0.29) is 5.56 Å². The summed E-state index contributed by atoms with van der Waals surface area (Å²) >= 11 is 5.75. The van der Waals surface area contributed by atoms with Gasteiger partial charge >= 0.3 is 5.97 Å². The second-order valence-corrected chi connectivity index (χ2v) is 4.98. The lowest BCUT2D eigenvalue weighted by Crippen LogP contribution is -2.21. The number of benzene rings is 1. The lowest BCUT2D eigenvalue weighted by atomic mass is 10.1. The van der Waals surface area contributed by atoms with Crippen LogP contribution in [-0.4, -0.2) is 23.6 Å². The van der Waals surface area contributed by atoms with Gasteiger partial charge in [0.25, 0.3) is 5.91 Å². The first-order valence-corrected chi connectivity index (χ1v) is 7.06. The number of aromatic nitrogens is 1. The van der Waals surface area contributed by atoms with Crippen molar-refractivity contribution in [3.63, 3.8) is 0 Å². The largest absolute Gasteiger partial charge is 0.452 e. The molecule has 0 radical (unpaired) electrons. The molecule has 7 heteroatoms. The smallest absolute Gasteiger partial charge is 0.344 e. The molecule has 0 spiro atoms. The normalized spacial score (nSPS) is 10.3. The van der Waals surface area contributed by atoms with Gasteiger partial charge in [0.1, 0.15) is 11.3 Å². The third kappa shape index (κ3) is 3.85. The minimum Gasteiger partial charge on any atom is -0.452 e. The molecule has 0 aliphatic rings. The molecule has 1 aromatic heterocycles. The fourth-order valence-corrected chi connectivity index (χ4v) is 1.98. The molecule has 2 aromatic rings. The van der Waals surface area contributed by atoms with E-state index in [1.54, 1.807) is 31.2 Å². The van der Waals surface area contributed by atoms with Crippen molar-refractivity contribution in [2.45, 2.75) is 20.3 Å². The van der Waals surface area contributed by atoms with Gasteiger partial charge in [0, 0.05) is 10.7 Å². The van der Waals surface area contributed by atoms with E-state index in [0.29, 0.717) is 28.6 Å². The molecular weight excluding hydrogens is 308 g/mol. The number of hydrogen-bond acceptors (Lipinski definition) is 5. The predicted octanol–water partition coefficient (Wildman–Crippen LogP) is 2.99. The molecular formula is C15H15ClN2O4. The summed E-state index contributed by atoms with van der Waals surface area (Å²) in [6.45, 7) is 3.08. The molecule has 0 unspecified atom stereocenters. The number of ether oxygens (including phenoxy) is 1. The summed E-state index contributed by atoms with van der Waals surface area (Å²) in [5, 5.41) is 6.94. The molecule has 0 saturated heterocycles. The third-order valence-electron chi connectivity index (χ3n) is 2.93. The van der Waals surface area contributed by atoms with E-state index in [4.69, 9.17) is 20.9 Å². The third-order valence-corrected chi connectivity index (χ3v) is 3.19. The van der Waals surface area contributed by atoms with Crippen molar-refractivity contribution >= 4 is 29.2 Å². The number of aryl methyl sites for hydroxylation is 2. The zero-order chi connectivity index (χ0) is 16.1. The quantitative estimate of drug-likeness (QED) is 0.856. The topological polar surface area (TPSA) is 81.4 Å². The van der Waals surface area contributed by atoms with Crippen LogP contribution in [0.2, 0.25) is 5.02 Å². The molecule has 0 saturated carbocycles. The Morgan fingerprint density at radius 2 is 2.00 bits per heavy atom. The maximum Gasteiger partial charge on any atom is 0.344 e. The molecule has 22 heavy (non-hydrogen) atoms. The molecule has 1 heterocycles. The SMILES string of the molecule is CCc1noc(C)c1C(=O)OCC(=O)Nc1ccc(Cl)cc1. The summed E-state index contributed by atoms with van der Waals surface area (Å²) in [5.74, 6) is -0.690. The van der Waals surface area contributed by atoms with Crippen LogP contribution in [0.4, 0.5) is 5.69 Å². The van der Waals surface area contributed by atoms with Crippen LogP contribution in [0.5, 0.6) is 0 Å². The van der Waals surface area contributed by atoms with Crippen molar-refractivity contribution in [2.24, 2.45) is 0 Å². The fraction of sp³-hybridized carbons (Fsp3) is 0.267. The van der Waals surface area contributed by atoms with Gasteiger partial charge in [0.05, 0.1) is 5.69 Å². The number of nitrogens with zero attached hydrogens (tertiary/aromatic N) is 1. The van der Waals surface area contributed by atoms with Crippen LogP contribution in [0.15, 0.2) is 28.8 Å². The average Bonchev–Trinajstić information content (AvgIpc) is 2.88. The number of anilines is 1. The summed E-state index contributed by atoms with van der Waals surface area (Å²) in [7, 11) is 0. The van der Waals surface area contributed by atoms with E-state index in [2.05, 4.69) is 10.5 Å². The van der Waals surface area contributed by atoms with E-state index >= 15 is 0 Å².